The van der Waals surface area contributed by atoms with Crippen molar-refractivity contribution < 1.29 is 14.2 Å². The van der Waals surface area contributed by atoms with Crippen molar-refractivity contribution in [3.63, 3.8) is 0 Å². The maximum Gasteiger partial charge on any atom is 0.238 e. The summed E-state index contributed by atoms with van der Waals surface area (Å²) < 4.78 is 16.3. The molecule has 0 aliphatic heterocycles. The summed E-state index contributed by atoms with van der Waals surface area (Å²) in [6.45, 7) is 7.62. The second-order valence-corrected chi connectivity index (χ2v) is 4.27. The Morgan fingerprint density at radius 2 is 1.62 bits per heavy atom. The van der Waals surface area contributed by atoms with Crippen LogP contribution in [0.15, 0.2) is 0 Å². The Labute approximate surface area is 89.0 Å². The smallest absolute Gasteiger partial charge is 0.238 e. The number of hydrogen-bond donors (Lipinski definition) is 1. The van der Waals surface area contributed by atoms with E-state index in [0.717, 1.165) is 10.2 Å². The van der Waals surface area contributed by atoms with Gasteiger partial charge in [0.25, 0.3) is 0 Å². The Bertz CT molecular complexity index is 129. The molecule has 0 saturated heterocycles. The van der Waals surface area contributed by atoms with Crippen LogP contribution in [-0.2, 0) is 14.2 Å². The Kier molecular flexibility index (Phi) is 7.07. The van der Waals surface area contributed by atoms with Gasteiger partial charge in [-0.2, -0.15) is 0 Å². The standard InChI is InChI=1S/C8H20O3SSi/c1-4-9-7(13)8(12,10-5-2)11-6-3/h7,12H,4-6H2,1-3,13H3. The largest absolute Gasteiger partial charge is 0.376 e. The molecule has 3 nitrogen and oxygen atoms in total. The first-order chi connectivity index (χ1) is 6.10. The molecule has 0 N–H and O–H groups in total. The highest BCUT2D eigenvalue weighted by molar-refractivity contribution is 7.81. The molecular formula is C8H20O3SSi. The molecule has 0 radical (unpaired) electrons. The molecule has 1 unspecified atom stereocenters. The third kappa shape index (κ3) is 4.46. The molecule has 0 aliphatic rings. The summed E-state index contributed by atoms with van der Waals surface area (Å²) in [5, 5.41) is -0.855. The molecule has 80 valence electrons. The Balaban J connectivity index is 4.18. The van der Waals surface area contributed by atoms with E-state index in [0.29, 0.717) is 19.8 Å². The molecule has 0 aromatic heterocycles. The fraction of sp³-hybridized carbons (Fsp3) is 1.00. The van der Waals surface area contributed by atoms with Crippen LogP contribution in [0.1, 0.15) is 20.8 Å². The van der Waals surface area contributed by atoms with Crippen LogP contribution < -0.4 is 0 Å². The fourth-order valence-corrected chi connectivity index (χ4v) is 2.04. The van der Waals surface area contributed by atoms with E-state index in [-0.39, 0.29) is 5.73 Å². The van der Waals surface area contributed by atoms with Gasteiger partial charge in [0.1, 0.15) is 5.73 Å². The van der Waals surface area contributed by atoms with Crippen LogP contribution in [0.4, 0.5) is 0 Å². The minimum Gasteiger partial charge on any atom is -0.376 e. The number of thiol groups is 1. The molecular weight excluding hydrogens is 204 g/mol. The lowest BCUT2D eigenvalue weighted by atomic mass is 10.6. The van der Waals surface area contributed by atoms with E-state index in [1.165, 1.54) is 0 Å². The lowest BCUT2D eigenvalue weighted by Crippen LogP contribution is -2.44. The van der Waals surface area contributed by atoms with E-state index in [1.807, 2.05) is 20.8 Å². The molecule has 0 aromatic carbocycles. The Morgan fingerprint density at radius 1 is 1.15 bits per heavy atom. The molecule has 0 bridgehead atoms. The quantitative estimate of drug-likeness (QED) is 0.385. The Morgan fingerprint density at radius 3 is 1.92 bits per heavy atom. The average Bonchev–Trinajstić information content (AvgIpc) is 2.05. The van der Waals surface area contributed by atoms with Gasteiger partial charge in [-0.15, -0.1) is 12.6 Å². The zero-order chi connectivity index (χ0) is 10.3. The summed E-state index contributed by atoms with van der Waals surface area (Å²) in [6, 6.07) is 0. The van der Waals surface area contributed by atoms with E-state index >= 15 is 0 Å². The van der Waals surface area contributed by atoms with Crippen LogP contribution in [0.5, 0.6) is 0 Å². The average molecular weight is 224 g/mol. The predicted molar refractivity (Wildman–Crippen MR) is 60.3 cm³/mol. The summed E-state index contributed by atoms with van der Waals surface area (Å²) in [6.07, 6.45) is 0. The third-order valence-corrected chi connectivity index (χ3v) is 3.83. The first kappa shape index (κ1) is 13.4. The molecule has 0 aromatic rings. The van der Waals surface area contributed by atoms with Crippen molar-refractivity contribution >= 4 is 22.9 Å². The molecule has 5 heteroatoms. The monoisotopic (exact) mass is 224 g/mol. The van der Waals surface area contributed by atoms with Gasteiger partial charge in [0.15, 0.2) is 0 Å². The van der Waals surface area contributed by atoms with Gasteiger partial charge >= 0.3 is 0 Å². The predicted octanol–water partition coefficient (Wildman–Crippen LogP) is 0.371. The summed E-state index contributed by atoms with van der Waals surface area (Å²) in [5.41, 5.74) is -0.0410. The topological polar surface area (TPSA) is 27.7 Å². The number of rotatable bonds is 7. The van der Waals surface area contributed by atoms with Crippen molar-refractivity contribution in [3.05, 3.63) is 0 Å². The molecule has 13 heavy (non-hydrogen) atoms. The van der Waals surface area contributed by atoms with Crippen LogP contribution in [-0.4, -0.2) is 40.9 Å². The van der Waals surface area contributed by atoms with Gasteiger partial charge in [-0.3, -0.25) is 0 Å². The lowest BCUT2D eigenvalue weighted by molar-refractivity contribution is -0.205. The SMILES string of the molecule is CCOC([SiH3])C(S)(OCC)OCC. The van der Waals surface area contributed by atoms with E-state index < -0.39 is 5.12 Å². The molecule has 0 spiro atoms. The van der Waals surface area contributed by atoms with Gasteiger partial charge in [0, 0.05) is 30.1 Å². The van der Waals surface area contributed by atoms with E-state index in [1.54, 1.807) is 0 Å². The lowest BCUT2D eigenvalue weighted by Gasteiger charge is -2.33. The Hall–Kier alpha value is 0.447. The number of ether oxygens (including phenoxy) is 3. The van der Waals surface area contributed by atoms with Crippen molar-refractivity contribution in [2.75, 3.05) is 19.8 Å². The maximum absolute atomic E-state index is 5.45. The highest BCUT2D eigenvalue weighted by Crippen LogP contribution is 2.23. The normalized spacial score (nSPS) is 14.8. The van der Waals surface area contributed by atoms with Crippen molar-refractivity contribution in [2.24, 2.45) is 0 Å². The molecule has 1 atom stereocenters. The van der Waals surface area contributed by atoms with E-state index in [2.05, 4.69) is 12.6 Å². The maximum atomic E-state index is 5.45. The molecule has 0 saturated carbocycles. The van der Waals surface area contributed by atoms with Gasteiger partial charge in [-0.05, 0) is 20.8 Å². The molecule has 0 heterocycles. The summed E-state index contributed by atoms with van der Waals surface area (Å²) in [7, 11) is 0.836. The van der Waals surface area contributed by atoms with Gasteiger partial charge in [-0.25, -0.2) is 0 Å². The van der Waals surface area contributed by atoms with Crippen LogP contribution in [0.3, 0.4) is 0 Å². The van der Waals surface area contributed by atoms with Crippen LogP contribution in [0.2, 0.25) is 0 Å². The van der Waals surface area contributed by atoms with Crippen molar-refractivity contribution in [1.29, 1.82) is 0 Å². The zero-order valence-electron chi connectivity index (χ0n) is 8.87. The highest BCUT2D eigenvalue weighted by atomic mass is 32.1. The molecule has 0 fully saturated rings. The van der Waals surface area contributed by atoms with Gasteiger partial charge < -0.3 is 14.2 Å². The van der Waals surface area contributed by atoms with Crippen molar-refractivity contribution in [1.82, 2.24) is 0 Å². The summed E-state index contributed by atoms with van der Waals surface area (Å²) in [4.78, 5) is 0. The van der Waals surface area contributed by atoms with Gasteiger partial charge in [0.2, 0.25) is 5.12 Å². The van der Waals surface area contributed by atoms with Crippen molar-refractivity contribution in [3.8, 4) is 0 Å². The minimum atomic E-state index is -0.855. The third-order valence-electron chi connectivity index (χ3n) is 1.63. The van der Waals surface area contributed by atoms with Crippen LogP contribution in [0.25, 0.3) is 0 Å². The summed E-state index contributed by atoms with van der Waals surface area (Å²) in [5.74, 6) is 0. The molecule has 0 amide bonds. The second kappa shape index (κ2) is 6.84. The number of hydrogen-bond acceptors (Lipinski definition) is 4. The van der Waals surface area contributed by atoms with Crippen LogP contribution in [0, 0.1) is 0 Å². The van der Waals surface area contributed by atoms with Gasteiger partial charge in [-0.1, -0.05) is 0 Å². The fourth-order valence-electron chi connectivity index (χ4n) is 1.05. The molecule has 0 rings (SSSR count). The minimum absolute atomic E-state index is 0.0410. The van der Waals surface area contributed by atoms with E-state index in [4.69, 9.17) is 14.2 Å². The van der Waals surface area contributed by atoms with Gasteiger partial charge in [0.05, 0.1) is 0 Å². The second-order valence-electron chi connectivity index (χ2n) is 2.59. The summed E-state index contributed by atoms with van der Waals surface area (Å²) >= 11 is 4.37. The van der Waals surface area contributed by atoms with E-state index in [9.17, 15) is 0 Å². The first-order valence-corrected chi connectivity index (χ1v) is 6.32. The first-order valence-electron chi connectivity index (χ1n) is 4.72. The van der Waals surface area contributed by atoms with Crippen LogP contribution >= 0.6 is 12.6 Å². The van der Waals surface area contributed by atoms with Crippen molar-refractivity contribution in [2.45, 2.75) is 31.6 Å². The highest BCUT2D eigenvalue weighted by Gasteiger charge is 2.34. The molecule has 0 aliphatic carbocycles. The zero-order valence-corrected chi connectivity index (χ0v) is 11.8.